The molecule has 6 nitrogen and oxygen atoms in total. The first kappa shape index (κ1) is 11.2. The second-order valence-corrected chi connectivity index (χ2v) is 2.57. The van der Waals surface area contributed by atoms with E-state index in [0.717, 1.165) is 0 Å². The van der Waals surface area contributed by atoms with E-state index in [1.807, 2.05) is 0 Å². The Morgan fingerprint density at radius 3 is 2.60 bits per heavy atom. The molecule has 0 aliphatic rings. The molecule has 82 valence electrons. The van der Waals surface area contributed by atoms with Crippen molar-refractivity contribution < 1.29 is 23.9 Å². The molecule has 1 rings (SSSR count). The molecule has 1 aromatic heterocycles. The molecule has 1 heterocycles. The highest BCUT2D eigenvalue weighted by atomic mass is 19.3. The molecule has 15 heavy (non-hydrogen) atoms. The van der Waals surface area contributed by atoms with Crippen molar-refractivity contribution in [1.82, 2.24) is 4.98 Å². The lowest BCUT2D eigenvalue weighted by Gasteiger charge is -2.05. The molecular weight excluding hydrogens is 214 g/mol. The van der Waals surface area contributed by atoms with Crippen LogP contribution in [0.5, 0.6) is 5.75 Å². The number of alkyl halides is 2. The molecule has 0 aliphatic carbocycles. The van der Waals surface area contributed by atoms with E-state index in [2.05, 4.69) is 4.98 Å². The monoisotopic (exact) mass is 220 g/mol. The summed E-state index contributed by atoms with van der Waals surface area (Å²) in [5.41, 5.74) is -2.51. The molecular formula is C7H6F2N2O4. The van der Waals surface area contributed by atoms with Gasteiger partial charge in [0, 0.05) is 6.20 Å². The summed E-state index contributed by atoms with van der Waals surface area (Å²) in [6.07, 6.45) is -2.55. The Kier molecular flexibility index (Phi) is 3.10. The Bertz CT molecular complexity index is 397. The minimum absolute atomic E-state index is 0.411. The second-order valence-electron chi connectivity index (χ2n) is 2.57. The molecule has 0 spiro atoms. The van der Waals surface area contributed by atoms with Gasteiger partial charge in [-0.25, -0.2) is 8.78 Å². The van der Waals surface area contributed by atoms with Crippen molar-refractivity contribution >= 4 is 5.69 Å². The molecule has 0 saturated heterocycles. The number of hydrogen-bond acceptors (Lipinski definition) is 5. The standard InChI is InChI=1S/C7H6F2N2O4/c8-7(9)3-1-10-4(2-12)6(13)5(3)11(14)15/h1,7,12-13H,2H2. The average molecular weight is 220 g/mol. The summed E-state index contributed by atoms with van der Waals surface area (Å²) in [5, 5.41) is 28.2. The summed E-state index contributed by atoms with van der Waals surface area (Å²) >= 11 is 0. The molecule has 0 aromatic carbocycles. The van der Waals surface area contributed by atoms with Gasteiger partial charge < -0.3 is 10.2 Å². The maximum Gasteiger partial charge on any atom is 0.323 e. The van der Waals surface area contributed by atoms with Crippen LogP contribution in [0.2, 0.25) is 0 Å². The van der Waals surface area contributed by atoms with Crippen molar-refractivity contribution in [2.24, 2.45) is 0 Å². The molecule has 0 unspecified atom stereocenters. The molecule has 0 bridgehead atoms. The fourth-order valence-corrected chi connectivity index (χ4v) is 1.01. The topological polar surface area (TPSA) is 96.5 Å². The van der Waals surface area contributed by atoms with Crippen LogP contribution in [-0.2, 0) is 6.61 Å². The number of pyridine rings is 1. The van der Waals surface area contributed by atoms with Gasteiger partial charge in [0.15, 0.2) is 0 Å². The van der Waals surface area contributed by atoms with E-state index in [-0.39, 0.29) is 0 Å². The van der Waals surface area contributed by atoms with Crippen molar-refractivity contribution in [3.63, 3.8) is 0 Å². The third-order valence-electron chi connectivity index (χ3n) is 1.70. The predicted octanol–water partition coefficient (Wildman–Crippen LogP) is 1.13. The van der Waals surface area contributed by atoms with Crippen molar-refractivity contribution in [1.29, 1.82) is 0 Å². The number of nitrogens with zero attached hydrogens (tertiary/aromatic N) is 2. The summed E-state index contributed by atoms with van der Waals surface area (Å²) in [6, 6.07) is 0. The quantitative estimate of drug-likeness (QED) is 0.587. The first-order chi connectivity index (χ1) is 6.99. The Morgan fingerprint density at radius 1 is 1.60 bits per heavy atom. The maximum absolute atomic E-state index is 12.3. The van der Waals surface area contributed by atoms with E-state index in [1.165, 1.54) is 0 Å². The minimum atomic E-state index is -3.11. The molecule has 0 amide bonds. The van der Waals surface area contributed by atoms with Crippen LogP contribution in [0.15, 0.2) is 6.20 Å². The number of aromatic hydroxyl groups is 1. The fraction of sp³-hybridized carbons (Fsp3) is 0.286. The minimum Gasteiger partial charge on any atom is -0.501 e. The van der Waals surface area contributed by atoms with Gasteiger partial charge in [-0.15, -0.1) is 0 Å². The zero-order valence-corrected chi connectivity index (χ0v) is 7.22. The van der Waals surface area contributed by atoms with Crippen LogP contribution >= 0.6 is 0 Å². The van der Waals surface area contributed by atoms with Crippen LogP contribution in [0.4, 0.5) is 14.5 Å². The highest BCUT2D eigenvalue weighted by molar-refractivity contribution is 5.53. The zero-order valence-electron chi connectivity index (χ0n) is 7.22. The van der Waals surface area contributed by atoms with E-state index >= 15 is 0 Å². The van der Waals surface area contributed by atoms with E-state index in [9.17, 15) is 24.0 Å². The van der Waals surface area contributed by atoms with E-state index < -0.39 is 40.6 Å². The molecule has 0 saturated carbocycles. The lowest BCUT2D eigenvalue weighted by Crippen LogP contribution is -2.01. The van der Waals surface area contributed by atoms with Gasteiger partial charge in [0.25, 0.3) is 6.43 Å². The van der Waals surface area contributed by atoms with Gasteiger partial charge >= 0.3 is 5.69 Å². The van der Waals surface area contributed by atoms with E-state index in [0.29, 0.717) is 6.20 Å². The molecule has 0 fully saturated rings. The van der Waals surface area contributed by atoms with Gasteiger partial charge in [0.1, 0.15) is 11.3 Å². The first-order valence-electron chi connectivity index (χ1n) is 3.73. The van der Waals surface area contributed by atoms with Gasteiger partial charge in [-0.05, 0) is 0 Å². The first-order valence-corrected chi connectivity index (χ1v) is 3.73. The SMILES string of the molecule is O=[N+]([O-])c1c(C(F)F)cnc(CO)c1O. The molecule has 0 atom stereocenters. The lowest BCUT2D eigenvalue weighted by molar-refractivity contribution is -0.387. The van der Waals surface area contributed by atoms with E-state index in [1.54, 1.807) is 0 Å². The van der Waals surface area contributed by atoms with Crippen LogP contribution in [0.3, 0.4) is 0 Å². The van der Waals surface area contributed by atoms with Crippen molar-refractivity contribution in [3.8, 4) is 5.75 Å². The number of rotatable bonds is 3. The van der Waals surface area contributed by atoms with Crippen molar-refractivity contribution in [2.45, 2.75) is 13.0 Å². The number of halogens is 2. The molecule has 1 aromatic rings. The van der Waals surface area contributed by atoms with Crippen molar-refractivity contribution in [3.05, 3.63) is 27.6 Å². The number of aromatic nitrogens is 1. The Labute approximate surface area is 82.0 Å². The third-order valence-corrected chi connectivity index (χ3v) is 1.70. The largest absolute Gasteiger partial charge is 0.501 e. The number of hydrogen-bond donors (Lipinski definition) is 2. The van der Waals surface area contributed by atoms with Crippen LogP contribution in [0.25, 0.3) is 0 Å². The van der Waals surface area contributed by atoms with E-state index in [4.69, 9.17) is 5.11 Å². The Balaban J connectivity index is 3.44. The van der Waals surface area contributed by atoms with Crippen LogP contribution < -0.4 is 0 Å². The maximum atomic E-state index is 12.3. The number of nitro groups is 1. The molecule has 0 radical (unpaired) electrons. The van der Waals surface area contributed by atoms with Crippen LogP contribution in [-0.4, -0.2) is 20.1 Å². The van der Waals surface area contributed by atoms with Crippen molar-refractivity contribution in [2.75, 3.05) is 0 Å². The molecule has 8 heteroatoms. The predicted molar refractivity (Wildman–Crippen MR) is 43.4 cm³/mol. The third kappa shape index (κ3) is 1.99. The summed E-state index contributed by atoms with van der Waals surface area (Å²) in [6.45, 7) is -0.768. The number of aliphatic hydroxyl groups excluding tert-OH is 1. The van der Waals surface area contributed by atoms with Gasteiger partial charge in [0.2, 0.25) is 5.75 Å². The Hall–Kier alpha value is -1.83. The van der Waals surface area contributed by atoms with Gasteiger partial charge in [-0.2, -0.15) is 0 Å². The second kappa shape index (κ2) is 4.13. The molecule has 2 N–H and O–H groups in total. The Morgan fingerprint density at radius 2 is 2.20 bits per heavy atom. The van der Waals surface area contributed by atoms with Gasteiger partial charge in [-0.1, -0.05) is 0 Å². The summed E-state index contributed by atoms with van der Waals surface area (Å²) in [4.78, 5) is 12.6. The molecule has 0 aliphatic heterocycles. The zero-order chi connectivity index (χ0) is 11.6. The van der Waals surface area contributed by atoms with Gasteiger partial charge in [-0.3, -0.25) is 15.1 Å². The van der Waals surface area contributed by atoms with Gasteiger partial charge in [0.05, 0.1) is 11.5 Å². The summed E-state index contributed by atoms with van der Waals surface area (Å²) in [7, 11) is 0. The number of aliphatic hydroxyl groups is 1. The lowest BCUT2D eigenvalue weighted by atomic mass is 10.2. The highest BCUT2D eigenvalue weighted by Gasteiger charge is 2.28. The fourth-order valence-electron chi connectivity index (χ4n) is 1.01. The van der Waals surface area contributed by atoms with Crippen LogP contribution in [0.1, 0.15) is 17.7 Å². The summed E-state index contributed by atoms with van der Waals surface area (Å²) in [5.74, 6) is -1.03. The van der Waals surface area contributed by atoms with Crippen LogP contribution in [0, 0.1) is 10.1 Å². The average Bonchev–Trinajstić information content (AvgIpc) is 2.16. The summed E-state index contributed by atoms with van der Waals surface area (Å²) < 4.78 is 24.6. The highest BCUT2D eigenvalue weighted by Crippen LogP contribution is 2.36. The smallest absolute Gasteiger partial charge is 0.323 e. The normalized spacial score (nSPS) is 10.7.